The van der Waals surface area contributed by atoms with Crippen molar-refractivity contribution in [3.05, 3.63) is 54.1 Å². The SMILES string of the molecule is CCc1ccccc1NC(=O)Cn1c(N)nc2ccccc21. The molecule has 0 radical (unpaired) electrons. The van der Waals surface area contributed by atoms with Crippen LogP contribution in [0.3, 0.4) is 0 Å². The number of amides is 1. The summed E-state index contributed by atoms with van der Waals surface area (Å²) in [5.41, 5.74) is 9.53. The Hall–Kier alpha value is -2.82. The van der Waals surface area contributed by atoms with Gasteiger partial charge in [-0.1, -0.05) is 37.3 Å². The van der Waals surface area contributed by atoms with Crippen LogP contribution in [-0.2, 0) is 17.8 Å². The summed E-state index contributed by atoms with van der Waals surface area (Å²) in [5.74, 6) is 0.232. The molecule has 3 rings (SSSR count). The van der Waals surface area contributed by atoms with E-state index in [-0.39, 0.29) is 12.5 Å². The second-order valence-electron chi connectivity index (χ2n) is 5.10. The maximum atomic E-state index is 12.3. The molecule has 112 valence electrons. The topological polar surface area (TPSA) is 72.9 Å². The molecule has 0 atom stereocenters. The first-order valence-electron chi connectivity index (χ1n) is 7.27. The molecule has 0 aliphatic heterocycles. The number of nitrogen functional groups attached to an aromatic ring is 1. The van der Waals surface area contributed by atoms with Crippen LogP contribution in [0.4, 0.5) is 11.6 Å². The van der Waals surface area contributed by atoms with E-state index in [1.807, 2.05) is 48.5 Å². The van der Waals surface area contributed by atoms with E-state index < -0.39 is 0 Å². The van der Waals surface area contributed by atoms with E-state index in [2.05, 4.69) is 17.2 Å². The highest BCUT2D eigenvalue weighted by Crippen LogP contribution is 2.19. The van der Waals surface area contributed by atoms with Gasteiger partial charge in [0.25, 0.3) is 0 Å². The Labute approximate surface area is 128 Å². The van der Waals surface area contributed by atoms with Gasteiger partial charge in [0.2, 0.25) is 11.9 Å². The van der Waals surface area contributed by atoms with Crippen molar-refractivity contribution in [1.82, 2.24) is 9.55 Å². The van der Waals surface area contributed by atoms with E-state index in [4.69, 9.17) is 5.73 Å². The number of nitrogens with two attached hydrogens (primary N) is 1. The number of hydrogen-bond donors (Lipinski definition) is 2. The van der Waals surface area contributed by atoms with E-state index in [1.54, 1.807) is 4.57 Å². The molecule has 0 fully saturated rings. The van der Waals surface area contributed by atoms with Gasteiger partial charge in [0, 0.05) is 5.69 Å². The first-order valence-corrected chi connectivity index (χ1v) is 7.27. The van der Waals surface area contributed by atoms with Gasteiger partial charge in [-0.15, -0.1) is 0 Å². The number of benzene rings is 2. The summed E-state index contributed by atoms with van der Waals surface area (Å²) in [6.07, 6.45) is 0.868. The lowest BCUT2D eigenvalue weighted by Gasteiger charge is -2.11. The third-order valence-corrected chi connectivity index (χ3v) is 3.66. The number of rotatable bonds is 4. The van der Waals surface area contributed by atoms with Gasteiger partial charge in [0.15, 0.2) is 0 Å². The number of fused-ring (bicyclic) bond motifs is 1. The zero-order valence-electron chi connectivity index (χ0n) is 12.4. The molecule has 5 nitrogen and oxygen atoms in total. The van der Waals surface area contributed by atoms with Gasteiger partial charge in [-0.3, -0.25) is 4.79 Å². The minimum absolute atomic E-state index is 0.115. The molecular formula is C17H18N4O. The molecule has 2 aromatic carbocycles. The van der Waals surface area contributed by atoms with Crippen LogP contribution in [0.15, 0.2) is 48.5 Å². The quantitative estimate of drug-likeness (QED) is 0.777. The molecule has 0 bridgehead atoms. The van der Waals surface area contributed by atoms with Crippen LogP contribution >= 0.6 is 0 Å². The minimum Gasteiger partial charge on any atom is -0.369 e. The number of carbonyl (C=O) groups is 1. The number of hydrogen-bond acceptors (Lipinski definition) is 3. The molecule has 3 aromatic rings. The number of aryl methyl sites for hydroxylation is 1. The number of aromatic nitrogens is 2. The molecule has 0 unspecified atom stereocenters. The average Bonchev–Trinajstić information content (AvgIpc) is 2.84. The number of nitrogens with one attached hydrogen (secondary N) is 1. The van der Waals surface area contributed by atoms with E-state index >= 15 is 0 Å². The summed E-state index contributed by atoms with van der Waals surface area (Å²) in [4.78, 5) is 16.6. The smallest absolute Gasteiger partial charge is 0.244 e. The number of carbonyl (C=O) groups excluding carboxylic acids is 1. The van der Waals surface area contributed by atoms with Crippen molar-refractivity contribution in [1.29, 1.82) is 0 Å². The molecule has 5 heteroatoms. The highest BCUT2D eigenvalue weighted by atomic mass is 16.1. The van der Waals surface area contributed by atoms with Crippen LogP contribution in [0.5, 0.6) is 0 Å². The molecule has 1 amide bonds. The Kier molecular flexibility index (Phi) is 3.78. The van der Waals surface area contributed by atoms with Crippen molar-refractivity contribution in [2.24, 2.45) is 0 Å². The molecule has 1 aromatic heterocycles. The molecule has 0 saturated carbocycles. The Morgan fingerprint density at radius 2 is 1.91 bits per heavy atom. The first-order chi connectivity index (χ1) is 10.7. The van der Waals surface area contributed by atoms with E-state index in [1.165, 1.54) is 0 Å². The molecule has 3 N–H and O–H groups in total. The standard InChI is InChI=1S/C17H18N4O/c1-2-12-7-3-4-8-13(12)19-16(22)11-21-15-10-6-5-9-14(15)20-17(21)18/h3-10H,2,11H2,1H3,(H2,18,20)(H,19,22). The van der Waals surface area contributed by atoms with Gasteiger partial charge in [0.05, 0.1) is 11.0 Å². The average molecular weight is 294 g/mol. The molecule has 0 spiro atoms. The third kappa shape index (κ3) is 2.65. The van der Waals surface area contributed by atoms with Crippen LogP contribution in [0.1, 0.15) is 12.5 Å². The molecule has 0 aliphatic rings. The second-order valence-corrected chi connectivity index (χ2v) is 5.10. The van der Waals surface area contributed by atoms with Crippen molar-refractivity contribution < 1.29 is 4.79 Å². The Morgan fingerprint density at radius 3 is 2.73 bits per heavy atom. The normalized spacial score (nSPS) is 10.8. The fourth-order valence-electron chi connectivity index (χ4n) is 2.54. The van der Waals surface area contributed by atoms with Gasteiger partial charge >= 0.3 is 0 Å². The highest BCUT2D eigenvalue weighted by molar-refractivity contribution is 5.92. The van der Waals surface area contributed by atoms with Gasteiger partial charge in [0.1, 0.15) is 6.54 Å². The molecule has 0 saturated heterocycles. The largest absolute Gasteiger partial charge is 0.369 e. The van der Waals surface area contributed by atoms with Gasteiger partial charge < -0.3 is 15.6 Å². The summed E-state index contributed by atoms with van der Waals surface area (Å²) < 4.78 is 1.72. The van der Waals surface area contributed by atoms with Crippen LogP contribution in [0.2, 0.25) is 0 Å². The summed E-state index contributed by atoms with van der Waals surface area (Å²) in [5, 5.41) is 2.95. The monoisotopic (exact) mass is 294 g/mol. The van der Waals surface area contributed by atoms with Crippen LogP contribution < -0.4 is 11.1 Å². The number of para-hydroxylation sites is 3. The predicted molar refractivity (Wildman–Crippen MR) is 88.6 cm³/mol. The Balaban J connectivity index is 1.83. The fourth-order valence-corrected chi connectivity index (χ4v) is 2.54. The summed E-state index contributed by atoms with van der Waals surface area (Å²) in [6.45, 7) is 2.21. The lowest BCUT2D eigenvalue weighted by Crippen LogP contribution is -2.20. The Bertz CT molecular complexity index is 822. The zero-order valence-corrected chi connectivity index (χ0v) is 12.4. The van der Waals surface area contributed by atoms with Gasteiger partial charge in [-0.2, -0.15) is 0 Å². The van der Waals surface area contributed by atoms with Gasteiger partial charge in [-0.25, -0.2) is 4.98 Å². The lowest BCUT2D eigenvalue weighted by atomic mass is 10.1. The molecule has 0 aliphatic carbocycles. The maximum absolute atomic E-state index is 12.3. The van der Waals surface area contributed by atoms with Crippen LogP contribution in [0, 0.1) is 0 Å². The highest BCUT2D eigenvalue weighted by Gasteiger charge is 2.12. The zero-order chi connectivity index (χ0) is 15.5. The summed E-state index contributed by atoms with van der Waals surface area (Å²) in [6, 6.07) is 15.4. The predicted octanol–water partition coefficient (Wildman–Crippen LogP) is 2.82. The minimum atomic E-state index is -0.115. The van der Waals surface area contributed by atoms with Crippen molar-refractivity contribution in [2.45, 2.75) is 19.9 Å². The number of imidazole rings is 1. The summed E-state index contributed by atoms with van der Waals surface area (Å²) in [7, 11) is 0. The molecule has 22 heavy (non-hydrogen) atoms. The third-order valence-electron chi connectivity index (χ3n) is 3.66. The van der Waals surface area contributed by atoms with Crippen molar-refractivity contribution in [3.8, 4) is 0 Å². The van der Waals surface area contributed by atoms with Crippen molar-refractivity contribution in [2.75, 3.05) is 11.1 Å². The van der Waals surface area contributed by atoms with E-state index in [0.717, 1.165) is 28.7 Å². The molecule has 1 heterocycles. The van der Waals surface area contributed by atoms with E-state index in [9.17, 15) is 4.79 Å². The van der Waals surface area contributed by atoms with Crippen molar-refractivity contribution in [3.63, 3.8) is 0 Å². The maximum Gasteiger partial charge on any atom is 0.244 e. The fraction of sp³-hybridized carbons (Fsp3) is 0.176. The van der Waals surface area contributed by atoms with Crippen LogP contribution in [0.25, 0.3) is 11.0 Å². The van der Waals surface area contributed by atoms with Gasteiger partial charge in [-0.05, 0) is 30.2 Å². The van der Waals surface area contributed by atoms with Crippen molar-refractivity contribution >= 4 is 28.6 Å². The van der Waals surface area contributed by atoms with E-state index in [0.29, 0.717) is 5.95 Å². The first kappa shape index (κ1) is 14.1. The second kappa shape index (κ2) is 5.89. The number of anilines is 2. The lowest BCUT2D eigenvalue weighted by molar-refractivity contribution is -0.116. The summed E-state index contributed by atoms with van der Waals surface area (Å²) >= 11 is 0. The van der Waals surface area contributed by atoms with Crippen LogP contribution in [-0.4, -0.2) is 15.5 Å². The molecular weight excluding hydrogens is 276 g/mol. The Morgan fingerprint density at radius 1 is 1.18 bits per heavy atom. The number of nitrogens with zero attached hydrogens (tertiary/aromatic N) is 2.